The van der Waals surface area contributed by atoms with E-state index in [-0.39, 0.29) is 18.0 Å². The molecule has 1 fully saturated rings. The van der Waals surface area contributed by atoms with Gasteiger partial charge in [-0.05, 0) is 31.9 Å². The van der Waals surface area contributed by atoms with Gasteiger partial charge < -0.3 is 10.6 Å². The number of anilines is 1. The highest BCUT2D eigenvalue weighted by atomic mass is 16.1. The molecule has 2 atom stereocenters. The standard InChI is InChI=1S/C19H22N6O/c1-3-25-10-13(9-22-25)18-15(7-8-16(26)24-18)23-19-14-6-4-5-12(2)17(14)20-11-21-19/h4-6,9-11,15,18H,3,7-8H2,1-2H3,(H,24,26)(H,20,21,23)/t15-,18+/m1/s1. The van der Waals surface area contributed by atoms with Crippen LogP contribution in [0.2, 0.25) is 0 Å². The molecule has 3 heterocycles. The number of fused-ring (bicyclic) bond motifs is 1. The molecule has 0 aliphatic carbocycles. The topological polar surface area (TPSA) is 84.7 Å². The highest BCUT2D eigenvalue weighted by molar-refractivity contribution is 5.91. The van der Waals surface area contributed by atoms with E-state index in [4.69, 9.17) is 0 Å². The lowest BCUT2D eigenvalue weighted by atomic mass is 9.93. The van der Waals surface area contributed by atoms with Crippen LogP contribution in [0.25, 0.3) is 10.9 Å². The SMILES string of the molecule is CCn1cc([C@@H]2NC(=O)CC[C@H]2Nc2ncnc3c(C)cccc23)cn1. The van der Waals surface area contributed by atoms with Gasteiger partial charge in [-0.1, -0.05) is 12.1 Å². The number of nitrogens with zero attached hydrogens (tertiary/aromatic N) is 4. The Morgan fingerprint density at radius 3 is 3.04 bits per heavy atom. The van der Waals surface area contributed by atoms with E-state index in [0.717, 1.165) is 40.8 Å². The maximum absolute atomic E-state index is 12.0. The van der Waals surface area contributed by atoms with Crippen LogP contribution in [0.15, 0.2) is 36.9 Å². The van der Waals surface area contributed by atoms with Crippen molar-refractivity contribution < 1.29 is 4.79 Å². The summed E-state index contributed by atoms with van der Waals surface area (Å²) in [5, 5.41) is 12.0. The second kappa shape index (κ2) is 6.74. The number of hydrogen-bond acceptors (Lipinski definition) is 5. The van der Waals surface area contributed by atoms with E-state index >= 15 is 0 Å². The van der Waals surface area contributed by atoms with Crippen LogP contribution in [-0.2, 0) is 11.3 Å². The van der Waals surface area contributed by atoms with Crippen LogP contribution in [0, 0.1) is 6.92 Å². The van der Waals surface area contributed by atoms with Gasteiger partial charge in [-0.25, -0.2) is 9.97 Å². The molecule has 1 aromatic carbocycles. The van der Waals surface area contributed by atoms with Crippen molar-refractivity contribution in [1.29, 1.82) is 0 Å². The number of rotatable bonds is 4. The molecule has 2 N–H and O–H groups in total. The predicted octanol–water partition coefficient (Wildman–Crippen LogP) is 2.59. The first-order valence-corrected chi connectivity index (χ1v) is 8.94. The Hall–Kier alpha value is -2.96. The number of benzene rings is 1. The highest BCUT2D eigenvalue weighted by Crippen LogP contribution is 2.29. The zero-order chi connectivity index (χ0) is 18.1. The fraction of sp³-hybridized carbons (Fsp3) is 0.368. The molecule has 1 aliphatic rings. The third-order valence-electron chi connectivity index (χ3n) is 4.93. The van der Waals surface area contributed by atoms with Gasteiger partial charge in [0.2, 0.25) is 5.91 Å². The first-order valence-electron chi connectivity index (χ1n) is 8.94. The van der Waals surface area contributed by atoms with Crippen LogP contribution in [0.1, 0.15) is 36.9 Å². The van der Waals surface area contributed by atoms with Crippen molar-refractivity contribution in [2.45, 2.75) is 45.3 Å². The second-order valence-electron chi connectivity index (χ2n) is 6.66. The minimum absolute atomic E-state index is 0.0424. The number of carbonyl (C=O) groups is 1. The normalized spacial score (nSPS) is 20.2. The highest BCUT2D eigenvalue weighted by Gasteiger charge is 2.31. The Morgan fingerprint density at radius 1 is 1.35 bits per heavy atom. The van der Waals surface area contributed by atoms with Crippen molar-refractivity contribution in [3.05, 3.63) is 48.0 Å². The molecule has 1 aliphatic heterocycles. The van der Waals surface area contributed by atoms with E-state index < -0.39 is 0 Å². The van der Waals surface area contributed by atoms with Crippen molar-refractivity contribution in [2.24, 2.45) is 0 Å². The largest absolute Gasteiger partial charge is 0.364 e. The summed E-state index contributed by atoms with van der Waals surface area (Å²) >= 11 is 0. The van der Waals surface area contributed by atoms with E-state index in [1.807, 2.05) is 49.1 Å². The third-order valence-corrected chi connectivity index (χ3v) is 4.93. The predicted molar refractivity (Wildman–Crippen MR) is 99.7 cm³/mol. The third kappa shape index (κ3) is 3.00. The van der Waals surface area contributed by atoms with Crippen molar-refractivity contribution in [3.63, 3.8) is 0 Å². The summed E-state index contributed by atoms with van der Waals surface area (Å²) in [5.41, 5.74) is 3.07. The van der Waals surface area contributed by atoms with Crippen LogP contribution in [0.5, 0.6) is 0 Å². The number of hydrogen-bond donors (Lipinski definition) is 2. The molecular weight excluding hydrogens is 328 g/mol. The minimum Gasteiger partial charge on any atom is -0.364 e. The Kier molecular flexibility index (Phi) is 4.28. The number of para-hydroxylation sites is 1. The number of nitrogens with one attached hydrogen (secondary N) is 2. The van der Waals surface area contributed by atoms with E-state index in [2.05, 4.69) is 25.7 Å². The molecular formula is C19H22N6O. The second-order valence-corrected chi connectivity index (χ2v) is 6.66. The lowest BCUT2D eigenvalue weighted by Crippen LogP contribution is -2.45. The van der Waals surface area contributed by atoms with Gasteiger partial charge in [-0.2, -0.15) is 5.10 Å². The van der Waals surface area contributed by atoms with Crippen LogP contribution in [-0.4, -0.2) is 31.7 Å². The van der Waals surface area contributed by atoms with Crippen LogP contribution < -0.4 is 10.6 Å². The Morgan fingerprint density at radius 2 is 2.23 bits per heavy atom. The molecule has 7 heteroatoms. The number of piperidine rings is 1. The average molecular weight is 350 g/mol. The van der Waals surface area contributed by atoms with Crippen LogP contribution >= 0.6 is 0 Å². The Balaban J connectivity index is 1.67. The zero-order valence-electron chi connectivity index (χ0n) is 14.9. The van der Waals surface area contributed by atoms with E-state index in [1.165, 1.54) is 0 Å². The molecule has 1 saturated heterocycles. The zero-order valence-corrected chi connectivity index (χ0v) is 14.9. The molecule has 0 saturated carbocycles. The Labute approximate surface area is 151 Å². The smallest absolute Gasteiger partial charge is 0.220 e. The quantitative estimate of drug-likeness (QED) is 0.755. The van der Waals surface area contributed by atoms with Crippen LogP contribution in [0.3, 0.4) is 0 Å². The van der Waals surface area contributed by atoms with E-state index in [1.54, 1.807) is 6.33 Å². The molecule has 3 aromatic rings. The number of amides is 1. The molecule has 26 heavy (non-hydrogen) atoms. The number of aryl methyl sites for hydroxylation is 2. The molecule has 0 spiro atoms. The summed E-state index contributed by atoms with van der Waals surface area (Å²) in [5.74, 6) is 0.869. The van der Waals surface area contributed by atoms with Crippen molar-refractivity contribution in [3.8, 4) is 0 Å². The molecule has 4 rings (SSSR count). The summed E-state index contributed by atoms with van der Waals surface area (Å²) < 4.78 is 1.87. The van der Waals surface area contributed by atoms with Crippen molar-refractivity contribution in [1.82, 2.24) is 25.1 Å². The lowest BCUT2D eigenvalue weighted by Gasteiger charge is -2.32. The molecule has 0 bridgehead atoms. The molecule has 0 radical (unpaired) electrons. The molecule has 1 amide bonds. The molecule has 0 unspecified atom stereocenters. The number of aromatic nitrogens is 4. The van der Waals surface area contributed by atoms with Gasteiger partial charge in [-0.15, -0.1) is 0 Å². The van der Waals surface area contributed by atoms with Crippen molar-refractivity contribution in [2.75, 3.05) is 5.32 Å². The fourth-order valence-electron chi connectivity index (χ4n) is 3.51. The monoisotopic (exact) mass is 350 g/mol. The van der Waals surface area contributed by atoms with Gasteiger partial charge >= 0.3 is 0 Å². The molecule has 2 aromatic heterocycles. The van der Waals surface area contributed by atoms with Gasteiger partial charge in [0.15, 0.2) is 0 Å². The minimum atomic E-state index is -0.133. The van der Waals surface area contributed by atoms with Gasteiger partial charge in [0.1, 0.15) is 12.1 Å². The van der Waals surface area contributed by atoms with E-state index in [0.29, 0.717) is 6.42 Å². The van der Waals surface area contributed by atoms with Gasteiger partial charge in [0.25, 0.3) is 0 Å². The Bertz CT molecular complexity index is 950. The molecule has 134 valence electrons. The summed E-state index contributed by atoms with van der Waals surface area (Å²) in [7, 11) is 0. The maximum Gasteiger partial charge on any atom is 0.220 e. The van der Waals surface area contributed by atoms with E-state index in [9.17, 15) is 4.79 Å². The summed E-state index contributed by atoms with van der Waals surface area (Å²) in [6, 6.07) is 5.99. The average Bonchev–Trinajstić information content (AvgIpc) is 3.13. The first-order chi connectivity index (χ1) is 12.7. The van der Waals surface area contributed by atoms with Gasteiger partial charge in [0, 0.05) is 30.1 Å². The first kappa shape index (κ1) is 16.5. The van der Waals surface area contributed by atoms with Crippen LogP contribution in [0.4, 0.5) is 5.82 Å². The number of carbonyl (C=O) groups excluding carboxylic acids is 1. The van der Waals surface area contributed by atoms with Gasteiger partial charge in [0.05, 0.1) is 23.8 Å². The molecule has 7 nitrogen and oxygen atoms in total. The summed E-state index contributed by atoms with van der Waals surface area (Å²) in [4.78, 5) is 20.8. The summed E-state index contributed by atoms with van der Waals surface area (Å²) in [6.07, 6.45) is 6.65. The van der Waals surface area contributed by atoms with Crippen molar-refractivity contribution >= 4 is 22.6 Å². The lowest BCUT2D eigenvalue weighted by molar-refractivity contribution is -0.123. The van der Waals surface area contributed by atoms with Gasteiger partial charge in [-0.3, -0.25) is 9.48 Å². The summed E-state index contributed by atoms with van der Waals surface area (Å²) in [6.45, 7) is 4.89. The fourth-order valence-corrected chi connectivity index (χ4v) is 3.51. The maximum atomic E-state index is 12.0.